The lowest BCUT2D eigenvalue weighted by atomic mass is 10.1. The van der Waals surface area contributed by atoms with Gasteiger partial charge in [0.25, 0.3) is 5.91 Å². The second kappa shape index (κ2) is 10.8. The van der Waals surface area contributed by atoms with E-state index in [-0.39, 0.29) is 43.0 Å². The Bertz CT molecular complexity index is 1250. The molecule has 2 aromatic heterocycles. The van der Waals surface area contributed by atoms with Crippen LogP contribution in [0.3, 0.4) is 0 Å². The summed E-state index contributed by atoms with van der Waals surface area (Å²) in [6, 6.07) is 2.75. The monoisotopic (exact) mass is 528 g/mol. The zero-order chi connectivity index (χ0) is 26.7. The highest BCUT2D eigenvalue weighted by atomic mass is 32.2. The Morgan fingerprint density at radius 3 is 2.67 bits per heavy atom. The zero-order valence-corrected chi connectivity index (χ0v) is 20.9. The van der Waals surface area contributed by atoms with E-state index in [4.69, 9.17) is 4.74 Å². The van der Waals surface area contributed by atoms with Gasteiger partial charge in [0.2, 0.25) is 11.8 Å². The Hall–Kier alpha value is -3.22. The molecule has 1 aliphatic heterocycles. The van der Waals surface area contributed by atoms with E-state index in [1.165, 1.54) is 12.4 Å². The normalized spacial score (nSPS) is 14.5. The van der Waals surface area contributed by atoms with E-state index < -0.39 is 28.7 Å². The number of pyridine rings is 2. The summed E-state index contributed by atoms with van der Waals surface area (Å²) in [5.74, 6) is -0.757. The van der Waals surface area contributed by atoms with Gasteiger partial charge in [0, 0.05) is 48.4 Å². The van der Waals surface area contributed by atoms with Crippen molar-refractivity contribution in [2.45, 2.75) is 45.5 Å². The molecule has 13 heteroatoms. The number of carbonyl (C=O) groups is 2. The number of rotatable bonds is 10. The summed E-state index contributed by atoms with van der Waals surface area (Å²) < 4.78 is 64.5. The lowest BCUT2D eigenvalue weighted by molar-refractivity contribution is -0.154. The van der Waals surface area contributed by atoms with Gasteiger partial charge in [0.05, 0.1) is 23.9 Å². The summed E-state index contributed by atoms with van der Waals surface area (Å²) >= 11 is 0. The van der Waals surface area contributed by atoms with Crippen molar-refractivity contribution in [3.8, 4) is 5.88 Å². The highest BCUT2D eigenvalue weighted by Gasteiger charge is 2.34. The number of hydrogen-bond acceptors (Lipinski definition) is 7. The third-order valence-corrected chi connectivity index (χ3v) is 6.71. The average molecular weight is 529 g/mol. The SMILES string of the molecule is Cc1cc(C(C)N2Cc3c(ccnc3CC(=O)NCCCS(C)(=O)=O)C2=O)cnc1OCC(F)(F)F. The fourth-order valence-corrected chi connectivity index (χ4v) is 4.51. The number of ether oxygens (including phenoxy) is 1. The smallest absolute Gasteiger partial charge is 0.422 e. The number of alkyl halides is 3. The minimum atomic E-state index is -4.48. The van der Waals surface area contributed by atoms with Gasteiger partial charge in [-0.25, -0.2) is 13.4 Å². The average Bonchev–Trinajstić information content (AvgIpc) is 3.11. The number of nitrogens with one attached hydrogen (secondary N) is 1. The third-order valence-electron chi connectivity index (χ3n) is 5.68. The molecule has 36 heavy (non-hydrogen) atoms. The van der Waals surface area contributed by atoms with Gasteiger partial charge in [-0.15, -0.1) is 0 Å². The van der Waals surface area contributed by atoms with Crippen molar-refractivity contribution in [2.75, 3.05) is 25.2 Å². The quantitative estimate of drug-likeness (QED) is 0.471. The summed E-state index contributed by atoms with van der Waals surface area (Å²) in [6.45, 7) is 2.31. The first-order valence-electron chi connectivity index (χ1n) is 11.1. The Kier molecular flexibility index (Phi) is 8.22. The molecule has 0 spiro atoms. The first-order chi connectivity index (χ1) is 16.7. The van der Waals surface area contributed by atoms with Crippen LogP contribution in [-0.2, 0) is 27.6 Å². The van der Waals surface area contributed by atoms with Gasteiger partial charge >= 0.3 is 6.18 Å². The minimum Gasteiger partial charge on any atom is -0.468 e. The molecule has 0 bridgehead atoms. The maximum absolute atomic E-state index is 13.1. The number of amides is 2. The molecule has 1 unspecified atom stereocenters. The van der Waals surface area contributed by atoms with E-state index >= 15 is 0 Å². The van der Waals surface area contributed by atoms with Gasteiger partial charge in [-0.3, -0.25) is 14.6 Å². The van der Waals surface area contributed by atoms with Crippen LogP contribution in [0.5, 0.6) is 5.88 Å². The van der Waals surface area contributed by atoms with E-state index in [1.54, 1.807) is 30.9 Å². The Balaban J connectivity index is 1.67. The topological polar surface area (TPSA) is 119 Å². The van der Waals surface area contributed by atoms with E-state index in [9.17, 15) is 31.2 Å². The van der Waals surface area contributed by atoms with Crippen LogP contribution in [-0.4, -0.2) is 66.4 Å². The van der Waals surface area contributed by atoms with E-state index in [0.29, 0.717) is 34.4 Å². The first-order valence-corrected chi connectivity index (χ1v) is 13.2. The van der Waals surface area contributed by atoms with E-state index in [0.717, 1.165) is 6.26 Å². The lowest BCUT2D eigenvalue weighted by Crippen LogP contribution is -2.28. The van der Waals surface area contributed by atoms with Crippen LogP contribution in [0, 0.1) is 6.92 Å². The molecular formula is C23H27F3N4O5S. The summed E-state index contributed by atoms with van der Waals surface area (Å²) in [4.78, 5) is 35.3. The van der Waals surface area contributed by atoms with Crippen molar-refractivity contribution in [1.82, 2.24) is 20.2 Å². The van der Waals surface area contributed by atoms with E-state index in [2.05, 4.69) is 15.3 Å². The second-order valence-electron chi connectivity index (χ2n) is 8.70. The van der Waals surface area contributed by atoms with Crippen LogP contribution in [0.2, 0.25) is 0 Å². The van der Waals surface area contributed by atoms with Crippen LogP contribution in [0.1, 0.15) is 52.1 Å². The molecule has 1 N–H and O–H groups in total. The van der Waals surface area contributed by atoms with Crippen LogP contribution in [0.4, 0.5) is 13.2 Å². The predicted molar refractivity (Wildman–Crippen MR) is 124 cm³/mol. The number of nitrogens with zero attached hydrogens (tertiary/aromatic N) is 3. The van der Waals surface area contributed by atoms with Crippen LogP contribution >= 0.6 is 0 Å². The van der Waals surface area contributed by atoms with Gasteiger partial charge in [-0.05, 0) is 38.0 Å². The van der Waals surface area contributed by atoms with Crippen molar-refractivity contribution in [2.24, 2.45) is 0 Å². The van der Waals surface area contributed by atoms with Crippen LogP contribution in [0.25, 0.3) is 0 Å². The second-order valence-corrected chi connectivity index (χ2v) is 11.0. The highest BCUT2D eigenvalue weighted by molar-refractivity contribution is 7.90. The Morgan fingerprint density at radius 2 is 2.03 bits per heavy atom. The van der Waals surface area contributed by atoms with Crippen molar-refractivity contribution in [1.29, 1.82) is 0 Å². The summed E-state index contributed by atoms with van der Waals surface area (Å²) in [7, 11) is -3.11. The fourth-order valence-electron chi connectivity index (χ4n) is 3.84. The van der Waals surface area contributed by atoms with Crippen LogP contribution in [0.15, 0.2) is 24.5 Å². The number of carbonyl (C=O) groups excluding carboxylic acids is 2. The van der Waals surface area contributed by atoms with Crippen molar-refractivity contribution in [3.63, 3.8) is 0 Å². The molecule has 3 rings (SSSR count). The molecule has 1 aliphatic rings. The molecule has 1 atom stereocenters. The first kappa shape index (κ1) is 27.4. The number of halogens is 3. The van der Waals surface area contributed by atoms with Gasteiger partial charge in [0.1, 0.15) is 9.84 Å². The molecule has 196 valence electrons. The number of fused-ring (bicyclic) bond motifs is 1. The molecule has 0 saturated carbocycles. The Morgan fingerprint density at radius 1 is 1.31 bits per heavy atom. The fraction of sp³-hybridized carbons (Fsp3) is 0.478. The lowest BCUT2D eigenvalue weighted by Gasteiger charge is -2.25. The number of aryl methyl sites for hydroxylation is 1. The third kappa shape index (κ3) is 7.15. The molecule has 3 heterocycles. The maximum Gasteiger partial charge on any atom is 0.422 e. The largest absolute Gasteiger partial charge is 0.468 e. The molecule has 0 fully saturated rings. The number of aromatic nitrogens is 2. The van der Waals surface area contributed by atoms with Crippen LogP contribution < -0.4 is 10.1 Å². The highest BCUT2D eigenvalue weighted by Crippen LogP contribution is 2.33. The number of sulfone groups is 1. The van der Waals surface area contributed by atoms with Gasteiger partial charge < -0.3 is 15.0 Å². The van der Waals surface area contributed by atoms with Crippen molar-refractivity contribution < 1.29 is 35.9 Å². The van der Waals surface area contributed by atoms with Gasteiger partial charge in [-0.2, -0.15) is 13.2 Å². The van der Waals surface area contributed by atoms with Gasteiger partial charge in [0.15, 0.2) is 6.61 Å². The summed E-state index contributed by atoms with van der Waals surface area (Å²) in [5.41, 5.74) is 2.51. The molecule has 0 saturated heterocycles. The Labute approximate surface area is 207 Å². The molecule has 0 radical (unpaired) electrons. The maximum atomic E-state index is 13.1. The standard InChI is InChI=1S/C23H27F3N4O5S/c1-14-9-16(11-29-21(14)35-13-23(24,25)26)15(2)30-12-18-17(22(30)32)5-7-27-19(18)10-20(31)28-6-4-8-36(3,33)34/h5,7,9,11,15H,4,6,8,10,12-13H2,1-3H3,(H,28,31). The minimum absolute atomic E-state index is 0.0304. The predicted octanol–water partition coefficient (Wildman–Crippen LogP) is 2.54. The number of hydrogen-bond donors (Lipinski definition) is 1. The molecule has 0 aromatic carbocycles. The van der Waals surface area contributed by atoms with E-state index in [1.807, 2.05) is 0 Å². The molecule has 2 aromatic rings. The molecule has 9 nitrogen and oxygen atoms in total. The molecule has 2 amide bonds. The van der Waals surface area contributed by atoms with Crippen molar-refractivity contribution in [3.05, 3.63) is 52.5 Å². The zero-order valence-electron chi connectivity index (χ0n) is 20.1. The van der Waals surface area contributed by atoms with Crippen molar-refractivity contribution >= 4 is 21.7 Å². The molecular weight excluding hydrogens is 501 g/mol. The summed E-state index contributed by atoms with van der Waals surface area (Å²) in [6.07, 6.45) is -0.292. The van der Waals surface area contributed by atoms with Gasteiger partial charge in [-0.1, -0.05) is 0 Å². The molecule has 0 aliphatic carbocycles. The summed E-state index contributed by atoms with van der Waals surface area (Å²) in [5, 5.41) is 2.66.